The van der Waals surface area contributed by atoms with E-state index in [0.29, 0.717) is 45.2 Å². The predicted molar refractivity (Wildman–Crippen MR) is 124 cm³/mol. The van der Waals surface area contributed by atoms with E-state index in [2.05, 4.69) is 9.97 Å². The van der Waals surface area contributed by atoms with Crippen LogP contribution in [0.15, 0.2) is 55.3 Å². The molecule has 0 aliphatic rings. The fraction of sp³-hybridized carbons (Fsp3) is 0.167. The first kappa shape index (κ1) is 27.2. The Labute approximate surface area is 218 Å². The first-order valence-corrected chi connectivity index (χ1v) is 12.5. The Morgan fingerprint density at radius 3 is 1.32 bits per heavy atom. The van der Waals surface area contributed by atoms with Crippen LogP contribution in [0.5, 0.6) is 0 Å². The summed E-state index contributed by atoms with van der Waals surface area (Å²) < 4.78 is 93.6. The van der Waals surface area contributed by atoms with E-state index in [1.165, 1.54) is 36.4 Å². The third-order valence-corrected chi connectivity index (χ3v) is 7.18. The SMILES string of the molecule is Cc1ccc(-c2cc(C(F)(F)F)c(C#N)c(SSc3nc(-c4ccc(C)o4)cc(C(F)(F)F)c3C#N)n2)o1. The Morgan fingerprint density at radius 1 is 0.684 bits per heavy atom. The molecule has 0 saturated carbocycles. The standard InChI is InChI=1S/C24H12F6N4O2S2/c1-11-3-5-19(35-11)17-7-15(23(25,26)27)13(9-31)21(33-17)37-38-22-14(10-32)16(24(28,29)30)8-18(34-22)20-6-4-12(2)36-20/h3-8H,1-2H3. The Morgan fingerprint density at radius 2 is 1.05 bits per heavy atom. The zero-order valence-electron chi connectivity index (χ0n) is 19.2. The van der Waals surface area contributed by atoms with Gasteiger partial charge in [0.15, 0.2) is 11.5 Å². The molecule has 0 aromatic carbocycles. The molecule has 0 bridgehead atoms. The average Bonchev–Trinajstić information content (AvgIpc) is 3.48. The van der Waals surface area contributed by atoms with Crippen molar-refractivity contribution in [3.8, 4) is 35.0 Å². The van der Waals surface area contributed by atoms with Gasteiger partial charge in [-0.1, -0.05) is 0 Å². The lowest BCUT2D eigenvalue weighted by Gasteiger charge is -2.15. The summed E-state index contributed by atoms with van der Waals surface area (Å²) in [6.45, 7) is 3.15. The number of rotatable bonds is 5. The van der Waals surface area contributed by atoms with Crippen molar-refractivity contribution in [2.45, 2.75) is 36.3 Å². The monoisotopic (exact) mass is 566 g/mol. The van der Waals surface area contributed by atoms with Gasteiger partial charge in [0.05, 0.1) is 22.3 Å². The Bertz CT molecular complexity index is 1490. The zero-order chi connectivity index (χ0) is 27.8. The summed E-state index contributed by atoms with van der Waals surface area (Å²) in [6, 6.07) is 10.1. The van der Waals surface area contributed by atoms with Crippen molar-refractivity contribution in [2.75, 3.05) is 0 Å². The molecule has 4 aromatic rings. The fourth-order valence-electron chi connectivity index (χ4n) is 3.30. The Hall–Kier alpha value is -3.88. The molecule has 0 atom stereocenters. The quantitative estimate of drug-likeness (QED) is 0.176. The smallest absolute Gasteiger partial charge is 0.417 e. The number of aryl methyl sites for hydroxylation is 2. The van der Waals surface area contributed by atoms with Gasteiger partial charge in [-0.15, -0.1) is 0 Å². The summed E-state index contributed by atoms with van der Waals surface area (Å²) in [7, 11) is 0.917. The van der Waals surface area contributed by atoms with Gasteiger partial charge in [-0.25, -0.2) is 9.97 Å². The van der Waals surface area contributed by atoms with E-state index in [1.807, 2.05) is 0 Å². The highest BCUT2D eigenvalue weighted by Crippen LogP contribution is 2.46. The molecule has 4 rings (SSSR count). The van der Waals surface area contributed by atoms with Crippen molar-refractivity contribution >= 4 is 21.6 Å². The molecule has 194 valence electrons. The van der Waals surface area contributed by atoms with Crippen molar-refractivity contribution in [1.82, 2.24) is 9.97 Å². The molecule has 0 radical (unpaired) electrons. The first-order chi connectivity index (χ1) is 17.8. The molecule has 38 heavy (non-hydrogen) atoms. The van der Waals surface area contributed by atoms with Crippen LogP contribution < -0.4 is 0 Å². The maximum Gasteiger partial charge on any atom is 0.417 e. The van der Waals surface area contributed by atoms with Crippen LogP contribution in [0.2, 0.25) is 0 Å². The topological polar surface area (TPSA) is 99.6 Å². The molecule has 0 amide bonds. The molecular weight excluding hydrogens is 554 g/mol. The van der Waals surface area contributed by atoms with E-state index in [-0.39, 0.29) is 22.9 Å². The number of halogens is 6. The van der Waals surface area contributed by atoms with Gasteiger partial charge >= 0.3 is 12.4 Å². The second kappa shape index (κ2) is 10.1. The summed E-state index contributed by atoms with van der Waals surface area (Å²) in [6.07, 6.45) is -9.89. The zero-order valence-corrected chi connectivity index (χ0v) is 20.8. The lowest BCUT2D eigenvalue weighted by atomic mass is 10.1. The summed E-state index contributed by atoms with van der Waals surface area (Å²) in [5.74, 6) is 0.788. The van der Waals surface area contributed by atoms with Crippen LogP contribution in [0.25, 0.3) is 22.9 Å². The molecule has 6 nitrogen and oxygen atoms in total. The van der Waals surface area contributed by atoms with Crippen molar-refractivity contribution < 1.29 is 35.2 Å². The molecule has 0 N–H and O–H groups in total. The molecule has 4 heterocycles. The molecule has 0 saturated heterocycles. The molecule has 14 heteroatoms. The van der Waals surface area contributed by atoms with E-state index in [0.717, 1.165) is 0 Å². The summed E-state index contributed by atoms with van der Waals surface area (Å²) >= 11 is 0. The van der Waals surface area contributed by atoms with E-state index >= 15 is 0 Å². The number of furan rings is 2. The second-order valence-electron chi connectivity index (χ2n) is 7.68. The number of alkyl halides is 6. The summed E-state index contributed by atoms with van der Waals surface area (Å²) in [4.78, 5) is 8.20. The van der Waals surface area contributed by atoms with Gasteiger partial charge in [0.2, 0.25) is 0 Å². The largest absolute Gasteiger partial charge is 0.460 e. The molecule has 4 aromatic heterocycles. The molecule has 0 fully saturated rings. The van der Waals surface area contributed by atoms with Crippen LogP contribution in [-0.2, 0) is 12.4 Å². The highest BCUT2D eigenvalue weighted by atomic mass is 33.1. The van der Waals surface area contributed by atoms with Crippen LogP contribution in [0.1, 0.15) is 33.8 Å². The van der Waals surface area contributed by atoms with Gasteiger partial charge in [0.1, 0.15) is 45.1 Å². The Balaban J connectivity index is 1.85. The minimum atomic E-state index is -4.94. The normalized spacial score (nSPS) is 11.8. The summed E-state index contributed by atoms with van der Waals surface area (Å²) in [5, 5.41) is 18.1. The second-order valence-corrected chi connectivity index (χ2v) is 9.78. The minimum Gasteiger partial charge on any atom is -0.460 e. The number of nitriles is 2. The van der Waals surface area contributed by atoms with Gasteiger partial charge in [-0.2, -0.15) is 36.9 Å². The van der Waals surface area contributed by atoms with Crippen LogP contribution >= 0.6 is 21.6 Å². The van der Waals surface area contributed by atoms with E-state index < -0.39 is 44.7 Å². The third-order valence-electron chi connectivity index (χ3n) is 4.99. The minimum absolute atomic E-state index is 0.00489. The van der Waals surface area contributed by atoms with Crippen LogP contribution in [0.4, 0.5) is 26.3 Å². The maximum absolute atomic E-state index is 13.8. The predicted octanol–water partition coefficient (Wildman–Crippen LogP) is 8.19. The van der Waals surface area contributed by atoms with Crippen LogP contribution in [-0.4, -0.2) is 9.97 Å². The van der Waals surface area contributed by atoms with Gasteiger partial charge < -0.3 is 8.83 Å². The Kier molecular flexibility index (Phi) is 7.23. The van der Waals surface area contributed by atoms with Gasteiger partial charge in [-0.3, -0.25) is 0 Å². The third kappa shape index (κ3) is 5.51. The first-order valence-electron chi connectivity index (χ1n) is 10.3. The summed E-state index contributed by atoms with van der Waals surface area (Å²) in [5.41, 5.74) is -4.75. The molecular formula is C24H12F6N4O2S2. The molecule has 0 unspecified atom stereocenters. The number of hydrogen-bond acceptors (Lipinski definition) is 8. The highest BCUT2D eigenvalue weighted by Gasteiger charge is 2.38. The number of aromatic nitrogens is 2. The van der Waals surface area contributed by atoms with Crippen LogP contribution in [0, 0.1) is 36.5 Å². The van der Waals surface area contributed by atoms with Crippen molar-refractivity contribution in [2.24, 2.45) is 0 Å². The van der Waals surface area contributed by atoms with E-state index in [4.69, 9.17) is 8.83 Å². The average molecular weight is 567 g/mol. The molecule has 0 aliphatic heterocycles. The van der Waals surface area contributed by atoms with Crippen LogP contribution in [0.3, 0.4) is 0 Å². The lowest BCUT2D eigenvalue weighted by Crippen LogP contribution is -2.11. The maximum atomic E-state index is 13.8. The fourth-order valence-corrected chi connectivity index (χ4v) is 5.41. The number of pyridine rings is 2. The van der Waals surface area contributed by atoms with Crippen molar-refractivity contribution in [1.29, 1.82) is 10.5 Å². The lowest BCUT2D eigenvalue weighted by molar-refractivity contribution is -0.138. The van der Waals surface area contributed by atoms with Gasteiger partial charge in [0.25, 0.3) is 0 Å². The highest BCUT2D eigenvalue weighted by molar-refractivity contribution is 8.76. The molecule has 0 aliphatic carbocycles. The molecule has 0 spiro atoms. The van der Waals surface area contributed by atoms with E-state index in [9.17, 15) is 36.9 Å². The van der Waals surface area contributed by atoms with Gasteiger partial charge in [0, 0.05) is 0 Å². The number of hydrogen-bond donors (Lipinski definition) is 0. The van der Waals surface area contributed by atoms with Gasteiger partial charge in [-0.05, 0) is 71.8 Å². The van der Waals surface area contributed by atoms with Crippen molar-refractivity contribution in [3.63, 3.8) is 0 Å². The van der Waals surface area contributed by atoms with E-state index in [1.54, 1.807) is 13.8 Å². The van der Waals surface area contributed by atoms with Crippen molar-refractivity contribution in [3.05, 3.63) is 70.2 Å². The number of nitrogens with zero attached hydrogens (tertiary/aromatic N) is 4.